The van der Waals surface area contributed by atoms with Gasteiger partial charge >= 0.3 is 0 Å². The summed E-state index contributed by atoms with van der Waals surface area (Å²) in [6.07, 6.45) is 0. The predicted octanol–water partition coefficient (Wildman–Crippen LogP) is 1.48. The number of aromatic nitrogens is 2. The van der Waals surface area contributed by atoms with E-state index in [-0.39, 0.29) is 19.1 Å². The van der Waals surface area contributed by atoms with Crippen LogP contribution in [0.2, 0.25) is 0 Å². The van der Waals surface area contributed by atoms with E-state index in [2.05, 4.69) is 22.3 Å². The Morgan fingerprint density at radius 2 is 2.14 bits per heavy atom. The zero-order valence-electron chi connectivity index (χ0n) is 12.1. The van der Waals surface area contributed by atoms with Crippen LogP contribution < -0.4 is 5.32 Å². The van der Waals surface area contributed by atoms with Gasteiger partial charge in [0.1, 0.15) is 13.2 Å². The molecule has 108 valence electrons. The molecule has 0 atom stereocenters. The summed E-state index contributed by atoms with van der Waals surface area (Å²) in [5.74, 6) is 5.22. The minimum Gasteiger partial charge on any atom is -0.384 e. The molecule has 21 heavy (non-hydrogen) atoms. The molecule has 0 aliphatic heterocycles. The molecule has 5 nitrogen and oxygen atoms in total. The van der Waals surface area contributed by atoms with E-state index in [9.17, 15) is 4.79 Å². The van der Waals surface area contributed by atoms with Gasteiger partial charge in [0, 0.05) is 11.3 Å². The summed E-state index contributed by atoms with van der Waals surface area (Å²) in [4.78, 5) is 12.1. The lowest BCUT2D eigenvalue weighted by Gasteiger charge is -2.08. The van der Waals surface area contributed by atoms with Gasteiger partial charge in [-0.15, -0.1) is 0 Å². The SMILES string of the molecule is Cc1cc(C)n(CC(=O)Nc2ccccc2C#CCO)n1. The van der Waals surface area contributed by atoms with Crippen molar-refractivity contribution in [1.82, 2.24) is 9.78 Å². The lowest BCUT2D eigenvalue weighted by Crippen LogP contribution is -2.20. The molecule has 0 radical (unpaired) electrons. The summed E-state index contributed by atoms with van der Waals surface area (Å²) in [7, 11) is 0. The maximum atomic E-state index is 12.1. The van der Waals surface area contributed by atoms with Crippen LogP contribution in [0.5, 0.6) is 0 Å². The monoisotopic (exact) mass is 283 g/mol. The molecule has 2 aromatic rings. The minimum absolute atomic E-state index is 0.154. The van der Waals surface area contributed by atoms with E-state index in [1.54, 1.807) is 16.8 Å². The highest BCUT2D eigenvalue weighted by Gasteiger charge is 2.09. The number of rotatable bonds is 3. The summed E-state index contributed by atoms with van der Waals surface area (Å²) in [5.41, 5.74) is 3.13. The average Bonchev–Trinajstić information content (AvgIpc) is 2.75. The highest BCUT2D eigenvalue weighted by atomic mass is 16.2. The number of aliphatic hydroxyl groups is 1. The smallest absolute Gasteiger partial charge is 0.246 e. The molecule has 0 saturated carbocycles. The first-order chi connectivity index (χ1) is 10.1. The van der Waals surface area contributed by atoms with Crippen molar-refractivity contribution in [3.8, 4) is 11.8 Å². The lowest BCUT2D eigenvalue weighted by atomic mass is 10.2. The standard InChI is InChI=1S/C16H17N3O2/c1-12-10-13(2)19(18-12)11-16(21)17-15-8-4-3-6-14(15)7-5-9-20/h3-4,6,8,10,20H,9,11H2,1-2H3,(H,17,21). The van der Waals surface area contributed by atoms with Gasteiger partial charge in [0.05, 0.1) is 11.4 Å². The van der Waals surface area contributed by atoms with E-state index < -0.39 is 0 Å². The summed E-state index contributed by atoms with van der Waals surface area (Å²) in [5, 5.41) is 15.8. The topological polar surface area (TPSA) is 67.2 Å². The van der Waals surface area contributed by atoms with Gasteiger partial charge in [-0.3, -0.25) is 9.48 Å². The Balaban J connectivity index is 2.11. The van der Waals surface area contributed by atoms with Crippen LogP contribution in [-0.4, -0.2) is 27.4 Å². The number of anilines is 1. The van der Waals surface area contributed by atoms with Gasteiger partial charge in [-0.2, -0.15) is 5.10 Å². The number of hydrogen-bond acceptors (Lipinski definition) is 3. The molecule has 0 fully saturated rings. The number of amides is 1. The number of para-hydroxylation sites is 1. The van der Waals surface area contributed by atoms with Crippen molar-refractivity contribution in [2.45, 2.75) is 20.4 Å². The first-order valence-electron chi connectivity index (χ1n) is 6.60. The third-order valence-electron chi connectivity index (χ3n) is 2.90. The van der Waals surface area contributed by atoms with Crippen molar-refractivity contribution in [2.24, 2.45) is 0 Å². The van der Waals surface area contributed by atoms with Crippen molar-refractivity contribution < 1.29 is 9.90 Å². The van der Waals surface area contributed by atoms with Gasteiger partial charge in [-0.25, -0.2) is 0 Å². The number of nitrogens with one attached hydrogen (secondary N) is 1. The second-order valence-electron chi connectivity index (χ2n) is 4.64. The molecule has 1 amide bonds. The van der Waals surface area contributed by atoms with Gasteiger partial charge in [-0.1, -0.05) is 24.0 Å². The summed E-state index contributed by atoms with van der Waals surface area (Å²) in [6.45, 7) is 3.74. The largest absolute Gasteiger partial charge is 0.384 e. The average molecular weight is 283 g/mol. The van der Waals surface area contributed by atoms with Crippen LogP contribution in [0.4, 0.5) is 5.69 Å². The quantitative estimate of drug-likeness (QED) is 0.839. The van der Waals surface area contributed by atoms with E-state index in [1.807, 2.05) is 32.0 Å². The molecule has 0 aliphatic rings. The molecule has 0 aliphatic carbocycles. The number of carbonyl (C=O) groups is 1. The Bertz CT molecular complexity index is 708. The Kier molecular flexibility index (Phi) is 4.75. The molecule has 1 aromatic carbocycles. The van der Waals surface area contributed by atoms with Crippen molar-refractivity contribution in [3.63, 3.8) is 0 Å². The van der Waals surface area contributed by atoms with E-state index >= 15 is 0 Å². The number of carbonyl (C=O) groups excluding carboxylic acids is 1. The van der Waals surface area contributed by atoms with E-state index in [1.165, 1.54) is 0 Å². The van der Waals surface area contributed by atoms with Crippen LogP contribution in [0, 0.1) is 25.7 Å². The molecular weight excluding hydrogens is 266 g/mol. The number of benzene rings is 1. The Morgan fingerprint density at radius 1 is 1.38 bits per heavy atom. The van der Waals surface area contributed by atoms with Crippen LogP contribution in [0.3, 0.4) is 0 Å². The molecule has 1 heterocycles. The fourth-order valence-electron chi connectivity index (χ4n) is 2.00. The lowest BCUT2D eigenvalue weighted by molar-refractivity contribution is -0.116. The van der Waals surface area contributed by atoms with Crippen LogP contribution in [0.15, 0.2) is 30.3 Å². The second kappa shape index (κ2) is 6.73. The Labute approximate surface area is 123 Å². The van der Waals surface area contributed by atoms with E-state index in [0.717, 1.165) is 11.4 Å². The zero-order chi connectivity index (χ0) is 15.2. The summed E-state index contributed by atoms with van der Waals surface area (Å²) in [6, 6.07) is 9.15. The molecule has 5 heteroatoms. The number of aryl methyl sites for hydroxylation is 2. The maximum Gasteiger partial charge on any atom is 0.246 e. The fraction of sp³-hybridized carbons (Fsp3) is 0.250. The third-order valence-corrected chi connectivity index (χ3v) is 2.90. The minimum atomic E-state index is -0.214. The zero-order valence-corrected chi connectivity index (χ0v) is 12.1. The van der Waals surface area contributed by atoms with Crippen molar-refractivity contribution >= 4 is 11.6 Å². The number of aliphatic hydroxyl groups excluding tert-OH is 1. The van der Waals surface area contributed by atoms with Crippen molar-refractivity contribution in [1.29, 1.82) is 0 Å². The van der Waals surface area contributed by atoms with Crippen molar-refractivity contribution in [3.05, 3.63) is 47.3 Å². The highest BCUT2D eigenvalue weighted by molar-refractivity contribution is 5.92. The first kappa shape index (κ1) is 14.8. The molecule has 2 rings (SSSR count). The maximum absolute atomic E-state index is 12.1. The van der Waals surface area contributed by atoms with E-state index in [0.29, 0.717) is 11.3 Å². The number of hydrogen-bond donors (Lipinski definition) is 2. The molecule has 0 spiro atoms. The van der Waals surface area contributed by atoms with Gasteiger partial charge in [0.15, 0.2) is 0 Å². The predicted molar refractivity (Wildman–Crippen MR) is 80.7 cm³/mol. The Morgan fingerprint density at radius 3 is 2.81 bits per heavy atom. The molecule has 0 bridgehead atoms. The molecular formula is C16H17N3O2. The molecule has 1 aromatic heterocycles. The number of nitrogens with zero attached hydrogens (tertiary/aromatic N) is 2. The molecule has 0 saturated heterocycles. The molecule has 2 N–H and O–H groups in total. The second-order valence-corrected chi connectivity index (χ2v) is 4.64. The molecule has 0 unspecified atom stereocenters. The summed E-state index contributed by atoms with van der Waals surface area (Å²) < 4.78 is 1.66. The first-order valence-corrected chi connectivity index (χ1v) is 6.60. The van der Waals surface area contributed by atoms with Crippen LogP contribution >= 0.6 is 0 Å². The third kappa shape index (κ3) is 3.94. The Hall–Kier alpha value is -2.58. The van der Waals surface area contributed by atoms with Gasteiger partial charge in [0.2, 0.25) is 5.91 Å². The van der Waals surface area contributed by atoms with E-state index in [4.69, 9.17) is 5.11 Å². The van der Waals surface area contributed by atoms with Gasteiger partial charge in [-0.05, 0) is 32.0 Å². The normalized spacial score (nSPS) is 9.86. The highest BCUT2D eigenvalue weighted by Crippen LogP contribution is 2.14. The van der Waals surface area contributed by atoms with Crippen LogP contribution in [0.25, 0.3) is 0 Å². The van der Waals surface area contributed by atoms with Gasteiger partial charge < -0.3 is 10.4 Å². The van der Waals surface area contributed by atoms with Crippen LogP contribution in [0.1, 0.15) is 17.0 Å². The van der Waals surface area contributed by atoms with Gasteiger partial charge in [0.25, 0.3) is 0 Å². The van der Waals surface area contributed by atoms with Crippen molar-refractivity contribution in [2.75, 3.05) is 11.9 Å². The fourth-order valence-corrected chi connectivity index (χ4v) is 2.00. The van der Waals surface area contributed by atoms with Crippen LogP contribution in [-0.2, 0) is 11.3 Å². The summed E-state index contributed by atoms with van der Waals surface area (Å²) >= 11 is 0.